The van der Waals surface area contributed by atoms with E-state index >= 15 is 0 Å². The Morgan fingerprint density at radius 3 is 2.42 bits per heavy atom. The number of hydrogen-bond donors (Lipinski definition) is 2. The lowest BCUT2D eigenvalue weighted by Gasteiger charge is -2.26. The Balaban J connectivity index is 2.44. The van der Waals surface area contributed by atoms with E-state index in [-0.39, 0.29) is 17.5 Å². The summed E-state index contributed by atoms with van der Waals surface area (Å²) in [6.07, 6.45) is 4.61. The van der Waals surface area contributed by atoms with Gasteiger partial charge in [0, 0.05) is 5.54 Å². The molecule has 1 aliphatic rings. The second-order valence-corrected chi connectivity index (χ2v) is 4.05. The van der Waals surface area contributed by atoms with Gasteiger partial charge in [-0.25, -0.2) is 0 Å². The quantitative estimate of drug-likeness (QED) is 0.643. The molecule has 12 heavy (non-hydrogen) atoms. The van der Waals surface area contributed by atoms with E-state index in [0.29, 0.717) is 0 Å². The van der Waals surface area contributed by atoms with Crippen LogP contribution in [0.15, 0.2) is 0 Å². The summed E-state index contributed by atoms with van der Waals surface area (Å²) in [5, 5.41) is 2.99. The van der Waals surface area contributed by atoms with Gasteiger partial charge in [-0.05, 0) is 26.7 Å². The Morgan fingerprint density at radius 1 is 1.50 bits per heavy atom. The van der Waals surface area contributed by atoms with E-state index in [0.717, 1.165) is 12.8 Å². The molecule has 1 saturated carbocycles. The number of carbonyl (C=O) groups excluding carboxylic acids is 1. The van der Waals surface area contributed by atoms with Crippen LogP contribution in [0.1, 0.15) is 39.5 Å². The lowest BCUT2D eigenvalue weighted by molar-refractivity contribution is -0.123. The molecular formula is C9H18N2O. The molecule has 0 aromatic carbocycles. The first kappa shape index (κ1) is 9.52. The Hall–Kier alpha value is -0.570. The molecule has 1 amide bonds. The van der Waals surface area contributed by atoms with Gasteiger partial charge >= 0.3 is 0 Å². The Morgan fingerprint density at radius 2 is 2.00 bits per heavy atom. The van der Waals surface area contributed by atoms with Crippen molar-refractivity contribution in [3.63, 3.8) is 0 Å². The number of hydrogen-bond acceptors (Lipinski definition) is 2. The topological polar surface area (TPSA) is 55.1 Å². The summed E-state index contributed by atoms with van der Waals surface area (Å²) in [7, 11) is 0. The zero-order chi connectivity index (χ0) is 9.19. The number of rotatable bonds is 2. The summed E-state index contributed by atoms with van der Waals surface area (Å²) < 4.78 is 0. The van der Waals surface area contributed by atoms with Crippen molar-refractivity contribution in [2.45, 2.75) is 51.1 Å². The van der Waals surface area contributed by atoms with E-state index in [9.17, 15) is 4.79 Å². The summed E-state index contributed by atoms with van der Waals surface area (Å²) in [6, 6.07) is -0.387. The molecule has 0 heterocycles. The standard InChI is InChI=1S/C9H18N2O/c1-7(10)8(12)11-9(2)5-3-4-6-9/h7H,3-6,10H2,1-2H3,(H,11,12)/t7-/m0/s1. The number of carbonyl (C=O) groups is 1. The van der Waals surface area contributed by atoms with Crippen LogP contribution >= 0.6 is 0 Å². The molecule has 3 heteroatoms. The van der Waals surface area contributed by atoms with Crippen LogP contribution in [0.2, 0.25) is 0 Å². The Labute approximate surface area is 73.7 Å². The van der Waals surface area contributed by atoms with Crippen LogP contribution in [-0.4, -0.2) is 17.5 Å². The minimum absolute atomic E-state index is 0.0186. The molecule has 70 valence electrons. The first-order valence-corrected chi connectivity index (χ1v) is 4.61. The monoisotopic (exact) mass is 170 g/mol. The third kappa shape index (κ3) is 2.21. The van der Waals surface area contributed by atoms with Gasteiger partial charge in [0.25, 0.3) is 0 Å². The van der Waals surface area contributed by atoms with E-state index in [1.807, 2.05) is 0 Å². The van der Waals surface area contributed by atoms with Crippen LogP contribution in [0.5, 0.6) is 0 Å². The molecule has 0 aromatic heterocycles. The van der Waals surface area contributed by atoms with E-state index < -0.39 is 0 Å². The van der Waals surface area contributed by atoms with Crippen molar-refractivity contribution in [2.75, 3.05) is 0 Å². The van der Waals surface area contributed by atoms with Crippen LogP contribution in [0.3, 0.4) is 0 Å². The maximum atomic E-state index is 11.3. The Kier molecular flexibility index (Phi) is 2.73. The van der Waals surface area contributed by atoms with Gasteiger partial charge in [0.2, 0.25) is 5.91 Å². The fourth-order valence-electron chi connectivity index (χ4n) is 1.69. The average Bonchev–Trinajstić information content (AvgIpc) is 2.35. The van der Waals surface area contributed by atoms with Crippen LogP contribution in [0.25, 0.3) is 0 Å². The number of amides is 1. The van der Waals surface area contributed by atoms with Gasteiger partial charge in [-0.3, -0.25) is 4.79 Å². The van der Waals surface area contributed by atoms with Gasteiger partial charge in [-0.1, -0.05) is 12.8 Å². The first-order valence-electron chi connectivity index (χ1n) is 4.61. The lowest BCUT2D eigenvalue weighted by Crippen LogP contribution is -2.49. The molecule has 1 atom stereocenters. The molecule has 0 bridgehead atoms. The van der Waals surface area contributed by atoms with Crippen molar-refractivity contribution in [1.82, 2.24) is 5.32 Å². The maximum Gasteiger partial charge on any atom is 0.237 e. The average molecular weight is 170 g/mol. The van der Waals surface area contributed by atoms with Gasteiger partial charge in [0.15, 0.2) is 0 Å². The summed E-state index contributed by atoms with van der Waals surface area (Å²) in [5.41, 5.74) is 5.48. The van der Waals surface area contributed by atoms with Crippen LogP contribution in [0, 0.1) is 0 Å². The van der Waals surface area contributed by atoms with Crippen molar-refractivity contribution >= 4 is 5.91 Å². The van der Waals surface area contributed by atoms with Gasteiger partial charge in [0.05, 0.1) is 6.04 Å². The van der Waals surface area contributed by atoms with Crippen molar-refractivity contribution < 1.29 is 4.79 Å². The summed E-state index contributed by atoms with van der Waals surface area (Å²) in [5.74, 6) is -0.0283. The highest BCUT2D eigenvalue weighted by Crippen LogP contribution is 2.28. The highest BCUT2D eigenvalue weighted by atomic mass is 16.2. The first-order chi connectivity index (χ1) is 5.53. The summed E-state index contributed by atoms with van der Waals surface area (Å²) in [4.78, 5) is 11.3. The van der Waals surface area contributed by atoms with Crippen LogP contribution in [0.4, 0.5) is 0 Å². The molecule has 0 spiro atoms. The van der Waals surface area contributed by atoms with E-state index in [2.05, 4.69) is 12.2 Å². The van der Waals surface area contributed by atoms with Crippen molar-refractivity contribution in [2.24, 2.45) is 5.73 Å². The van der Waals surface area contributed by atoms with Gasteiger partial charge in [-0.15, -0.1) is 0 Å². The molecule has 0 unspecified atom stereocenters. The Bertz CT molecular complexity index is 171. The third-order valence-corrected chi connectivity index (χ3v) is 2.55. The molecule has 0 radical (unpaired) electrons. The molecule has 0 aromatic rings. The molecule has 0 saturated heterocycles. The van der Waals surface area contributed by atoms with Crippen LogP contribution < -0.4 is 11.1 Å². The zero-order valence-electron chi connectivity index (χ0n) is 7.89. The molecule has 3 nitrogen and oxygen atoms in total. The highest BCUT2D eigenvalue weighted by molar-refractivity contribution is 5.81. The van der Waals surface area contributed by atoms with E-state index in [4.69, 9.17) is 5.73 Å². The second-order valence-electron chi connectivity index (χ2n) is 4.05. The molecule has 1 aliphatic carbocycles. The minimum atomic E-state index is -0.387. The van der Waals surface area contributed by atoms with Gasteiger partial charge in [0.1, 0.15) is 0 Å². The molecule has 1 fully saturated rings. The molecule has 1 rings (SSSR count). The van der Waals surface area contributed by atoms with Crippen molar-refractivity contribution in [1.29, 1.82) is 0 Å². The number of nitrogens with one attached hydrogen (secondary N) is 1. The lowest BCUT2D eigenvalue weighted by atomic mass is 10.0. The SMILES string of the molecule is C[C@H](N)C(=O)NC1(C)CCCC1. The van der Waals surface area contributed by atoms with Gasteiger partial charge < -0.3 is 11.1 Å². The van der Waals surface area contributed by atoms with E-state index in [1.165, 1.54) is 12.8 Å². The van der Waals surface area contributed by atoms with Crippen LogP contribution in [-0.2, 0) is 4.79 Å². The third-order valence-electron chi connectivity index (χ3n) is 2.55. The van der Waals surface area contributed by atoms with E-state index in [1.54, 1.807) is 6.92 Å². The summed E-state index contributed by atoms with van der Waals surface area (Å²) >= 11 is 0. The predicted molar refractivity (Wildman–Crippen MR) is 48.7 cm³/mol. The van der Waals surface area contributed by atoms with Crippen molar-refractivity contribution in [3.8, 4) is 0 Å². The highest BCUT2D eigenvalue weighted by Gasteiger charge is 2.30. The fraction of sp³-hybridized carbons (Fsp3) is 0.889. The largest absolute Gasteiger partial charge is 0.350 e. The zero-order valence-corrected chi connectivity index (χ0v) is 7.89. The van der Waals surface area contributed by atoms with Crippen molar-refractivity contribution in [3.05, 3.63) is 0 Å². The second kappa shape index (κ2) is 3.44. The summed E-state index contributed by atoms with van der Waals surface area (Å²) in [6.45, 7) is 3.81. The maximum absolute atomic E-state index is 11.3. The fourth-order valence-corrected chi connectivity index (χ4v) is 1.69. The molecular weight excluding hydrogens is 152 g/mol. The minimum Gasteiger partial charge on any atom is -0.350 e. The molecule has 0 aliphatic heterocycles. The molecule has 3 N–H and O–H groups in total. The number of nitrogens with two attached hydrogens (primary N) is 1. The normalized spacial score (nSPS) is 23.6. The van der Waals surface area contributed by atoms with Gasteiger partial charge in [-0.2, -0.15) is 0 Å². The smallest absolute Gasteiger partial charge is 0.237 e. The predicted octanol–water partition coefficient (Wildman–Crippen LogP) is 0.782.